The molecule has 1 heterocycles. The highest BCUT2D eigenvalue weighted by Crippen LogP contribution is 2.34. The largest absolute Gasteiger partial charge is 0.444 e. The van der Waals surface area contributed by atoms with Crippen LogP contribution in [0.5, 0.6) is 0 Å². The standard InChI is InChI=1S/C15H24Cl2N2O2S/c1-6-10(19-14(20)21-15(3,4)5)8-18-9(2)11-7-12(16)22-13(11)17/h7,9-10,18H,6,8H2,1-5H3,(H,19,20). The summed E-state index contributed by atoms with van der Waals surface area (Å²) >= 11 is 13.5. The van der Waals surface area contributed by atoms with Gasteiger partial charge in [0.2, 0.25) is 0 Å². The van der Waals surface area contributed by atoms with E-state index in [1.807, 2.05) is 40.7 Å². The molecule has 7 heteroatoms. The molecule has 2 N–H and O–H groups in total. The van der Waals surface area contributed by atoms with E-state index in [1.165, 1.54) is 11.3 Å². The van der Waals surface area contributed by atoms with Crippen LogP contribution in [-0.4, -0.2) is 24.3 Å². The van der Waals surface area contributed by atoms with Crippen LogP contribution in [0.15, 0.2) is 6.07 Å². The van der Waals surface area contributed by atoms with Gasteiger partial charge in [-0.2, -0.15) is 0 Å². The zero-order valence-electron chi connectivity index (χ0n) is 13.6. The summed E-state index contributed by atoms with van der Waals surface area (Å²) in [7, 11) is 0. The summed E-state index contributed by atoms with van der Waals surface area (Å²) in [5.41, 5.74) is 0.480. The van der Waals surface area contributed by atoms with Gasteiger partial charge in [-0.25, -0.2) is 4.79 Å². The van der Waals surface area contributed by atoms with Crippen LogP contribution in [0.3, 0.4) is 0 Å². The Bertz CT molecular complexity index is 500. The van der Waals surface area contributed by atoms with Gasteiger partial charge in [-0.3, -0.25) is 0 Å². The molecule has 0 aromatic carbocycles. The lowest BCUT2D eigenvalue weighted by molar-refractivity contribution is 0.0502. The van der Waals surface area contributed by atoms with Crippen molar-refractivity contribution in [1.29, 1.82) is 0 Å². The van der Waals surface area contributed by atoms with Gasteiger partial charge in [0.1, 0.15) is 5.60 Å². The lowest BCUT2D eigenvalue weighted by atomic mass is 10.1. The monoisotopic (exact) mass is 366 g/mol. The fraction of sp³-hybridized carbons (Fsp3) is 0.667. The number of hydrogen-bond donors (Lipinski definition) is 2. The number of carbonyl (C=O) groups excluding carboxylic acids is 1. The molecule has 0 saturated carbocycles. The van der Waals surface area contributed by atoms with E-state index in [-0.39, 0.29) is 12.1 Å². The molecule has 1 amide bonds. The molecule has 0 radical (unpaired) electrons. The predicted octanol–water partition coefficient (Wildman–Crippen LogP) is 5.01. The van der Waals surface area contributed by atoms with Gasteiger partial charge in [0, 0.05) is 18.6 Å². The van der Waals surface area contributed by atoms with Crippen LogP contribution in [-0.2, 0) is 4.74 Å². The van der Waals surface area contributed by atoms with E-state index in [9.17, 15) is 4.79 Å². The quantitative estimate of drug-likeness (QED) is 0.743. The Kier molecular flexibility index (Phi) is 7.46. The summed E-state index contributed by atoms with van der Waals surface area (Å²) < 4.78 is 6.64. The van der Waals surface area contributed by atoms with Crippen molar-refractivity contribution in [2.45, 2.75) is 58.7 Å². The van der Waals surface area contributed by atoms with Gasteiger partial charge in [0.15, 0.2) is 0 Å². The first-order chi connectivity index (χ1) is 10.1. The van der Waals surface area contributed by atoms with Crippen molar-refractivity contribution in [2.75, 3.05) is 6.54 Å². The Morgan fingerprint density at radius 2 is 2.05 bits per heavy atom. The maximum absolute atomic E-state index is 11.8. The molecule has 0 spiro atoms. The smallest absolute Gasteiger partial charge is 0.407 e. The number of halogens is 2. The molecule has 0 aliphatic rings. The molecular formula is C15H24Cl2N2O2S. The number of alkyl carbamates (subject to hydrolysis) is 1. The molecule has 0 saturated heterocycles. The number of rotatable bonds is 6. The number of hydrogen-bond acceptors (Lipinski definition) is 4. The molecule has 126 valence electrons. The molecule has 0 aliphatic carbocycles. The summed E-state index contributed by atoms with van der Waals surface area (Å²) in [5.74, 6) is 0. The van der Waals surface area contributed by atoms with Gasteiger partial charge >= 0.3 is 6.09 Å². The molecule has 22 heavy (non-hydrogen) atoms. The minimum Gasteiger partial charge on any atom is -0.444 e. The summed E-state index contributed by atoms with van der Waals surface area (Å²) in [6, 6.07) is 1.92. The van der Waals surface area contributed by atoms with Crippen molar-refractivity contribution in [3.05, 3.63) is 20.3 Å². The van der Waals surface area contributed by atoms with Crippen LogP contribution in [0.4, 0.5) is 4.79 Å². The van der Waals surface area contributed by atoms with Crippen molar-refractivity contribution in [1.82, 2.24) is 10.6 Å². The molecule has 0 aliphatic heterocycles. The molecule has 4 nitrogen and oxygen atoms in total. The van der Waals surface area contributed by atoms with Gasteiger partial charge in [-0.05, 0) is 45.7 Å². The summed E-state index contributed by atoms with van der Waals surface area (Å²) in [6.45, 7) is 10.2. The van der Waals surface area contributed by atoms with Gasteiger partial charge in [-0.15, -0.1) is 11.3 Å². The average Bonchev–Trinajstić information content (AvgIpc) is 2.71. The highest BCUT2D eigenvalue weighted by molar-refractivity contribution is 7.20. The first-order valence-corrected chi connectivity index (χ1v) is 8.87. The second-order valence-corrected chi connectivity index (χ2v) is 8.45. The third-order valence-electron chi connectivity index (χ3n) is 3.03. The molecule has 2 unspecified atom stereocenters. The second kappa shape index (κ2) is 8.39. The average molecular weight is 367 g/mol. The van der Waals surface area contributed by atoms with Crippen molar-refractivity contribution >= 4 is 40.6 Å². The summed E-state index contributed by atoms with van der Waals surface area (Å²) in [6.07, 6.45) is 0.405. The first kappa shape index (κ1) is 19.6. The topological polar surface area (TPSA) is 50.4 Å². The van der Waals surface area contributed by atoms with Crippen LogP contribution in [0.1, 0.15) is 52.6 Å². The summed E-state index contributed by atoms with van der Waals surface area (Å²) in [4.78, 5) is 11.8. The van der Waals surface area contributed by atoms with E-state index in [0.717, 1.165) is 12.0 Å². The van der Waals surface area contributed by atoms with Crippen LogP contribution in [0.2, 0.25) is 8.67 Å². The SMILES string of the molecule is CCC(CNC(C)c1cc(Cl)sc1Cl)NC(=O)OC(C)(C)C. The van der Waals surface area contributed by atoms with E-state index in [2.05, 4.69) is 10.6 Å². The van der Waals surface area contributed by atoms with Gasteiger partial charge in [0.25, 0.3) is 0 Å². The zero-order chi connectivity index (χ0) is 16.9. The Morgan fingerprint density at radius 1 is 1.41 bits per heavy atom. The molecule has 2 atom stereocenters. The summed E-state index contributed by atoms with van der Waals surface area (Å²) in [5, 5.41) is 6.24. The number of carbonyl (C=O) groups is 1. The van der Waals surface area contributed by atoms with E-state index < -0.39 is 11.7 Å². The second-order valence-electron chi connectivity index (χ2n) is 6.16. The van der Waals surface area contributed by atoms with Crippen LogP contribution >= 0.6 is 34.5 Å². The van der Waals surface area contributed by atoms with Gasteiger partial charge < -0.3 is 15.4 Å². The first-order valence-electron chi connectivity index (χ1n) is 7.30. The normalized spacial score (nSPS) is 14.5. The molecule has 1 aromatic heterocycles. The number of ether oxygens (including phenoxy) is 1. The Labute approximate surface area is 146 Å². The van der Waals surface area contributed by atoms with Crippen molar-refractivity contribution in [3.63, 3.8) is 0 Å². The maximum atomic E-state index is 11.8. The maximum Gasteiger partial charge on any atom is 0.407 e. The molecule has 0 bridgehead atoms. The van der Waals surface area contributed by atoms with Crippen LogP contribution in [0.25, 0.3) is 0 Å². The molecule has 1 rings (SSSR count). The molecule has 0 fully saturated rings. The third kappa shape index (κ3) is 6.73. The van der Waals surface area contributed by atoms with E-state index in [0.29, 0.717) is 15.2 Å². The fourth-order valence-corrected chi connectivity index (χ4v) is 3.49. The fourth-order valence-electron chi connectivity index (χ4n) is 1.85. The van der Waals surface area contributed by atoms with Crippen molar-refractivity contribution < 1.29 is 9.53 Å². The zero-order valence-corrected chi connectivity index (χ0v) is 16.0. The van der Waals surface area contributed by atoms with Crippen molar-refractivity contribution in [3.8, 4) is 0 Å². The Morgan fingerprint density at radius 3 is 2.50 bits per heavy atom. The number of nitrogens with one attached hydrogen (secondary N) is 2. The number of amides is 1. The highest BCUT2D eigenvalue weighted by atomic mass is 35.5. The predicted molar refractivity (Wildman–Crippen MR) is 94.2 cm³/mol. The minimum absolute atomic E-state index is 0.00909. The Balaban J connectivity index is 2.50. The van der Waals surface area contributed by atoms with Crippen LogP contribution in [0, 0.1) is 0 Å². The lowest BCUT2D eigenvalue weighted by Gasteiger charge is -2.24. The van der Waals surface area contributed by atoms with E-state index >= 15 is 0 Å². The van der Waals surface area contributed by atoms with E-state index in [4.69, 9.17) is 27.9 Å². The molecule has 1 aromatic rings. The van der Waals surface area contributed by atoms with Gasteiger partial charge in [-0.1, -0.05) is 30.1 Å². The van der Waals surface area contributed by atoms with E-state index in [1.54, 1.807) is 0 Å². The number of thiophene rings is 1. The van der Waals surface area contributed by atoms with Crippen LogP contribution < -0.4 is 10.6 Å². The van der Waals surface area contributed by atoms with Crippen molar-refractivity contribution in [2.24, 2.45) is 0 Å². The minimum atomic E-state index is -0.496. The third-order valence-corrected chi connectivity index (χ3v) is 4.55. The lowest BCUT2D eigenvalue weighted by Crippen LogP contribution is -2.44. The Hall–Kier alpha value is -0.490. The highest BCUT2D eigenvalue weighted by Gasteiger charge is 2.20. The van der Waals surface area contributed by atoms with Gasteiger partial charge in [0.05, 0.1) is 8.67 Å². The molecular weight excluding hydrogens is 343 g/mol.